The van der Waals surface area contributed by atoms with Gasteiger partial charge in [0.05, 0.1) is 11.1 Å². The highest BCUT2D eigenvalue weighted by Gasteiger charge is 2.20. The Labute approximate surface area is 274 Å². The van der Waals surface area contributed by atoms with E-state index < -0.39 is 0 Å². The molecule has 0 unspecified atom stereocenters. The number of rotatable bonds is 8. The SMILES string of the molecule is CCCCc1cccc2c1ccc1cc(-c3c(C)ccc4c(-c5cc6ccc(N(CC)CC)cc6oc5=O)c(C)ccc34)c(=O)oc12. The lowest BCUT2D eigenvalue weighted by molar-refractivity contribution is 0.563. The molecule has 0 aliphatic carbocycles. The van der Waals surface area contributed by atoms with Crippen LogP contribution in [0.25, 0.3) is 65.7 Å². The summed E-state index contributed by atoms with van der Waals surface area (Å²) in [6.07, 6.45) is 3.23. The largest absolute Gasteiger partial charge is 0.422 e. The fourth-order valence-corrected chi connectivity index (χ4v) is 7.16. The second kappa shape index (κ2) is 12.2. The van der Waals surface area contributed by atoms with E-state index in [2.05, 4.69) is 49.9 Å². The van der Waals surface area contributed by atoms with Crippen LogP contribution in [0.2, 0.25) is 0 Å². The van der Waals surface area contributed by atoms with Crippen LogP contribution in [0.5, 0.6) is 0 Å². The summed E-state index contributed by atoms with van der Waals surface area (Å²) in [4.78, 5) is 29.7. The van der Waals surface area contributed by atoms with Crippen molar-refractivity contribution in [1.82, 2.24) is 0 Å². The normalized spacial score (nSPS) is 11.7. The predicted octanol–water partition coefficient (Wildman–Crippen LogP) is 10.3. The molecule has 47 heavy (non-hydrogen) atoms. The molecule has 0 N–H and O–H groups in total. The van der Waals surface area contributed by atoms with Crippen LogP contribution >= 0.6 is 0 Å². The average molecular weight is 622 g/mol. The minimum Gasteiger partial charge on any atom is -0.422 e. The van der Waals surface area contributed by atoms with Gasteiger partial charge < -0.3 is 13.7 Å². The number of fused-ring (bicyclic) bond motifs is 5. The maximum Gasteiger partial charge on any atom is 0.344 e. The molecule has 0 spiro atoms. The molecule has 0 radical (unpaired) electrons. The molecular weight excluding hydrogens is 582 g/mol. The van der Waals surface area contributed by atoms with Gasteiger partial charge in [0.1, 0.15) is 11.2 Å². The first-order valence-corrected chi connectivity index (χ1v) is 16.7. The highest BCUT2D eigenvalue weighted by Crippen LogP contribution is 2.39. The summed E-state index contributed by atoms with van der Waals surface area (Å²) in [7, 11) is 0. The predicted molar refractivity (Wildman–Crippen MR) is 196 cm³/mol. The minimum absolute atomic E-state index is 0.379. The summed E-state index contributed by atoms with van der Waals surface area (Å²) >= 11 is 0. The molecule has 5 nitrogen and oxygen atoms in total. The second-order valence-electron chi connectivity index (χ2n) is 12.5. The Balaban J connectivity index is 1.41. The number of benzene rings is 5. The molecule has 5 heteroatoms. The van der Waals surface area contributed by atoms with Gasteiger partial charge in [0, 0.05) is 41.0 Å². The van der Waals surface area contributed by atoms with Crippen LogP contribution in [-0.2, 0) is 6.42 Å². The molecule has 0 bridgehead atoms. The van der Waals surface area contributed by atoms with Crippen molar-refractivity contribution in [1.29, 1.82) is 0 Å². The second-order valence-corrected chi connectivity index (χ2v) is 12.5. The third kappa shape index (κ3) is 5.20. The Morgan fingerprint density at radius 3 is 1.89 bits per heavy atom. The summed E-state index contributed by atoms with van der Waals surface area (Å²) < 4.78 is 12.1. The zero-order valence-corrected chi connectivity index (χ0v) is 27.7. The average Bonchev–Trinajstić information content (AvgIpc) is 3.07. The van der Waals surface area contributed by atoms with E-state index in [0.29, 0.717) is 22.3 Å². The van der Waals surface area contributed by atoms with E-state index in [1.807, 2.05) is 74.5 Å². The molecule has 0 saturated carbocycles. The van der Waals surface area contributed by atoms with E-state index in [1.54, 1.807) is 0 Å². The standard InChI is InChI=1S/C42H39NO4/c1-6-9-11-27-12-10-13-34-31(27)21-17-29-23-36(42(45)47-40(29)34)39-26(5)15-19-32-33(39)20-14-25(4)38(32)35-22-28-16-18-30(43(7-2)8-3)24-37(28)46-41(35)44/h10,12-24H,6-9,11H2,1-5H3. The lowest BCUT2D eigenvalue weighted by Gasteiger charge is -2.21. The molecule has 236 valence electrons. The number of nitrogens with zero attached hydrogens (tertiary/aromatic N) is 1. The van der Waals surface area contributed by atoms with Crippen LogP contribution in [0.3, 0.4) is 0 Å². The van der Waals surface area contributed by atoms with E-state index in [-0.39, 0.29) is 11.3 Å². The van der Waals surface area contributed by atoms with Crippen molar-refractivity contribution in [3.8, 4) is 22.3 Å². The van der Waals surface area contributed by atoms with Gasteiger partial charge in [-0.2, -0.15) is 0 Å². The maximum atomic E-state index is 13.8. The number of anilines is 1. The first kappa shape index (κ1) is 30.5. The monoisotopic (exact) mass is 621 g/mol. The lowest BCUT2D eigenvalue weighted by atomic mass is 9.88. The van der Waals surface area contributed by atoms with Gasteiger partial charge in [-0.3, -0.25) is 0 Å². The summed E-state index contributed by atoms with van der Waals surface area (Å²) in [5.74, 6) is 0. The number of aryl methyl sites for hydroxylation is 3. The summed E-state index contributed by atoms with van der Waals surface area (Å²) in [6, 6.07) is 28.5. The zero-order chi connectivity index (χ0) is 32.8. The molecular formula is C42H39NO4. The van der Waals surface area contributed by atoms with Crippen LogP contribution in [-0.4, -0.2) is 13.1 Å². The van der Waals surface area contributed by atoms with Crippen LogP contribution in [0.4, 0.5) is 5.69 Å². The molecule has 0 saturated heterocycles. The van der Waals surface area contributed by atoms with Crippen molar-refractivity contribution in [2.45, 2.75) is 53.9 Å². The van der Waals surface area contributed by atoms with E-state index in [0.717, 1.165) is 92.6 Å². The van der Waals surface area contributed by atoms with Crippen LogP contribution in [0.1, 0.15) is 50.3 Å². The summed E-state index contributed by atoms with van der Waals surface area (Å²) in [5, 5.41) is 5.60. The zero-order valence-electron chi connectivity index (χ0n) is 27.7. The molecule has 7 rings (SSSR count). The van der Waals surface area contributed by atoms with Gasteiger partial charge in [-0.1, -0.05) is 67.9 Å². The van der Waals surface area contributed by atoms with Gasteiger partial charge in [-0.25, -0.2) is 9.59 Å². The van der Waals surface area contributed by atoms with Crippen molar-refractivity contribution in [2.24, 2.45) is 0 Å². The summed E-state index contributed by atoms with van der Waals surface area (Å²) in [6.45, 7) is 12.2. The van der Waals surface area contributed by atoms with Crippen molar-refractivity contribution in [3.05, 3.63) is 122 Å². The van der Waals surface area contributed by atoms with Gasteiger partial charge in [0.25, 0.3) is 0 Å². The number of unbranched alkanes of at least 4 members (excludes halogenated alkanes) is 1. The van der Waals surface area contributed by atoms with Gasteiger partial charge in [0.15, 0.2) is 0 Å². The maximum absolute atomic E-state index is 13.8. The molecule has 0 amide bonds. The highest BCUT2D eigenvalue weighted by molar-refractivity contribution is 6.09. The fraction of sp³-hybridized carbons (Fsp3) is 0.238. The molecule has 5 aromatic carbocycles. The van der Waals surface area contributed by atoms with Crippen molar-refractivity contribution >= 4 is 49.2 Å². The van der Waals surface area contributed by atoms with Crippen LogP contribution in [0.15, 0.2) is 103 Å². The molecule has 2 aromatic heterocycles. The van der Waals surface area contributed by atoms with Crippen molar-refractivity contribution in [3.63, 3.8) is 0 Å². The van der Waals surface area contributed by atoms with Gasteiger partial charge >= 0.3 is 11.3 Å². The van der Waals surface area contributed by atoms with E-state index in [9.17, 15) is 9.59 Å². The Hall–Kier alpha value is -5.16. The van der Waals surface area contributed by atoms with Crippen molar-refractivity contribution in [2.75, 3.05) is 18.0 Å². The van der Waals surface area contributed by atoms with Crippen LogP contribution < -0.4 is 16.2 Å². The fourth-order valence-electron chi connectivity index (χ4n) is 7.16. The minimum atomic E-state index is -0.387. The molecule has 2 heterocycles. The lowest BCUT2D eigenvalue weighted by Crippen LogP contribution is -2.21. The van der Waals surface area contributed by atoms with Gasteiger partial charge in [-0.15, -0.1) is 0 Å². The third-order valence-electron chi connectivity index (χ3n) is 9.65. The Bertz CT molecular complexity index is 2450. The first-order chi connectivity index (χ1) is 22.8. The van der Waals surface area contributed by atoms with Gasteiger partial charge in [0.2, 0.25) is 0 Å². The molecule has 0 fully saturated rings. The van der Waals surface area contributed by atoms with E-state index in [4.69, 9.17) is 8.83 Å². The highest BCUT2D eigenvalue weighted by atomic mass is 16.4. The topological polar surface area (TPSA) is 63.7 Å². The van der Waals surface area contributed by atoms with Gasteiger partial charge in [-0.05, 0) is 109 Å². The molecule has 0 aliphatic rings. The Morgan fingerprint density at radius 2 is 1.23 bits per heavy atom. The smallest absolute Gasteiger partial charge is 0.344 e. The summed E-state index contributed by atoms with van der Waals surface area (Å²) in [5.41, 5.74) is 7.25. The Kier molecular flexibility index (Phi) is 7.93. The van der Waals surface area contributed by atoms with E-state index in [1.165, 1.54) is 5.56 Å². The third-order valence-corrected chi connectivity index (χ3v) is 9.65. The van der Waals surface area contributed by atoms with Crippen molar-refractivity contribution < 1.29 is 8.83 Å². The molecule has 0 atom stereocenters. The molecule has 0 aliphatic heterocycles. The van der Waals surface area contributed by atoms with Crippen LogP contribution in [0, 0.1) is 13.8 Å². The van der Waals surface area contributed by atoms with E-state index >= 15 is 0 Å². The number of hydrogen-bond donors (Lipinski definition) is 0. The molecule has 7 aromatic rings. The Morgan fingerprint density at radius 1 is 0.617 bits per heavy atom. The number of hydrogen-bond acceptors (Lipinski definition) is 5. The quantitative estimate of drug-likeness (QED) is 0.125. The first-order valence-electron chi connectivity index (χ1n) is 16.7.